The third-order valence-corrected chi connectivity index (χ3v) is 3.76. The molecule has 0 radical (unpaired) electrons. The molecule has 1 N–H and O–H groups in total. The normalized spacial score (nSPS) is 12.3. The van der Waals surface area contributed by atoms with E-state index in [1.165, 1.54) is 12.1 Å². The van der Waals surface area contributed by atoms with Crippen LogP contribution < -0.4 is 5.32 Å². The molecule has 0 fully saturated rings. The van der Waals surface area contributed by atoms with Gasteiger partial charge >= 0.3 is 11.2 Å². The highest BCUT2D eigenvalue weighted by molar-refractivity contribution is 14.1. The maximum absolute atomic E-state index is 12.9. The zero-order valence-corrected chi connectivity index (χ0v) is 13.4. The predicted molar refractivity (Wildman–Crippen MR) is 75.1 cm³/mol. The Hall–Kier alpha value is -0.0800. The van der Waals surface area contributed by atoms with E-state index in [0.717, 1.165) is 0 Å². The quantitative estimate of drug-likeness (QED) is 0.507. The molecular formula is C8H4F2I2NO4S-. The summed E-state index contributed by atoms with van der Waals surface area (Å²) < 4.78 is 57.8. The highest BCUT2D eigenvalue weighted by Crippen LogP contribution is 2.24. The van der Waals surface area contributed by atoms with Gasteiger partial charge in [-0.1, -0.05) is 0 Å². The van der Waals surface area contributed by atoms with Gasteiger partial charge in [-0.2, -0.15) is 8.78 Å². The summed E-state index contributed by atoms with van der Waals surface area (Å²) in [6.45, 7) is 0. The molecule has 1 amide bonds. The Balaban J connectivity index is 3.02. The Morgan fingerprint density at radius 2 is 1.67 bits per heavy atom. The third-order valence-electron chi connectivity index (χ3n) is 1.70. The lowest BCUT2D eigenvalue weighted by molar-refractivity contribution is -0.130. The molecule has 100 valence electrons. The van der Waals surface area contributed by atoms with Gasteiger partial charge < -0.3 is 9.87 Å². The molecule has 10 heteroatoms. The summed E-state index contributed by atoms with van der Waals surface area (Å²) in [5.41, 5.74) is -0.0142. The molecule has 0 unspecified atom stereocenters. The van der Waals surface area contributed by atoms with Crippen LogP contribution in [0.4, 0.5) is 14.5 Å². The third kappa shape index (κ3) is 3.71. The first-order valence-corrected chi connectivity index (χ1v) is 7.71. The van der Waals surface area contributed by atoms with Gasteiger partial charge in [0.2, 0.25) is 0 Å². The van der Waals surface area contributed by atoms with Gasteiger partial charge in [0.05, 0.1) is 0 Å². The second kappa shape index (κ2) is 5.50. The van der Waals surface area contributed by atoms with Crippen molar-refractivity contribution in [1.82, 2.24) is 0 Å². The number of amides is 1. The lowest BCUT2D eigenvalue weighted by atomic mass is 10.3. The topological polar surface area (TPSA) is 86.3 Å². The monoisotopic (exact) mass is 502 g/mol. The Morgan fingerprint density at radius 3 is 2.06 bits per heavy atom. The highest BCUT2D eigenvalue weighted by Gasteiger charge is 2.46. The van der Waals surface area contributed by atoms with Crippen molar-refractivity contribution in [1.29, 1.82) is 0 Å². The van der Waals surface area contributed by atoms with Crippen molar-refractivity contribution in [2.45, 2.75) is 5.25 Å². The molecule has 0 aliphatic heterocycles. The van der Waals surface area contributed by atoms with E-state index in [4.69, 9.17) is 0 Å². The van der Waals surface area contributed by atoms with E-state index in [1.54, 1.807) is 11.4 Å². The maximum Gasteiger partial charge on any atom is 0.411 e. The maximum atomic E-state index is 12.9. The summed E-state index contributed by atoms with van der Waals surface area (Å²) in [5.74, 6) is -2.17. The molecule has 0 bridgehead atoms. The van der Waals surface area contributed by atoms with Crippen LogP contribution in [0, 0.1) is 7.14 Å². The molecular weight excluding hydrogens is 498 g/mol. The smallest absolute Gasteiger partial charge is 0.411 e. The van der Waals surface area contributed by atoms with Gasteiger partial charge in [-0.3, -0.25) is 4.79 Å². The first kappa shape index (κ1) is 16.0. The number of hydrogen-bond donors (Lipinski definition) is 1. The summed E-state index contributed by atoms with van der Waals surface area (Å²) in [6.07, 6.45) is 0. The van der Waals surface area contributed by atoms with Crippen molar-refractivity contribution in [3.05, 3.63) is 25.3 Å². The van der Waals surface area contributed by atoms with E-state index in [1.807, 2.05) is 45.2 Å². The molecule has 5 nitrogen and oxygen atoms in total. The van der Waals surface area contributed by atoms with Gasteiger partial charge in [-0.25, -0.2) is 8.42 Å². The molecule has 1 rings (SSSR count). The van der Waals surface area contributed by atoms with Gasteiger partial charge in [-0.15, -0.1) is 0 Å². The Kier molecular flexibility index (Phi) is 4.88. The van der Waals surface area contributed by atoms with Crippen LogP contribution in [0.3, 0.4) is 0 Å². The van der Waals surface area contributed by atoms with Crippen LogP contribution in [0.1, 0.15) is 0 Å². The summed E-state index contributed by atoms with van der Waals surface area (Å²) in [6, 6.07) is 4.42. The van der Waals surface area contributed by atoms with Crippen LogP contribution in [-0.2, 0) is 14.9 Å². The number of halogens is 4. The number of rotatable bonds is 3. The molecule has 0 aromatic heterocycles. The highest BCUT2D eigenvalue weighted by atomic mass is 127. The minimum atomic E-state index is -6.04. The van der Waals surface area contributed by atoms with E-state index < -0.39 is 21.3 Å². The average Bonchev–Trinajstić information content (AvgIpc) is 2.13. The molecule has 0 saturated heterocycles. The average molecular weight is 502 g/mol. The number of carbonyl (C=O) groups excluding carboxylic acids is 1. The fourth-order valence-electron chi connectivity index (χ4n) is 0.943. The number of alkyl halides is 2. The number of benzene rings is 1. The largest absolute Gasteiger partial charge is 0.743 e. The summed E-state index contributed by atoms with van der Waals surface area (Å²) in [4.78, 5) is 11.1. The minimum Gasteiger partial charge on any atom is -0.743 e. The number of nitrogens with one attached hydrogen (secondary N) is 1. The van der Waals surface area contributed by atoms with E-state index in [9.17, 15) is 26.5 Å². The van der Waals surface area contributed by atoms with E-state index in [2.05, 4.69) is 0 Å². The number of carbonyl (C=O) groups is 1. The zero-order chi connectivity index (χ0) is 14.1. The van der Waals surface area contributed by atoms with Gasteiger partial charge in [0, 0.05) is 12.8 Å². The van der Waals surface area contributed by atoms with Crippen molar-refractivity contribution in [3.8, 4) is 0 Å². The summed E-state index contributed by atoms with van der Waals surface area (Å²) >= 11 is 3.78. The van der Waals surface area contributed by atoms with Gasteiger partial charge in [0.25, 0.3) is 0 Å². The zero-order valence-electron chi connectivity index (χ0n) is 8.29. The van der Waals surface area contributed by atoms with Gasteiger partial charge in [0.1, 0.15) is 0 Å². The van der Waals surface area contributed by atoms with Crippen molar-refractivity contribution in [2.75, 3.05) is 5.32 Å². The molecule has 0 aliphatic carbocycles. The Labute approximate surface area is 128 Å². The van der Waals surface area contributed by atoms with E-state index in [-0.39, 0.29) is 5.69 Å². The predicted octanol–water partition coefficient (Wildman–Crippen LogP) is 1.97. The van der Waals surface area contributed by atoms with Crippen molar-refractivity contribution >= 4 is 66.9 Å². The van der Waals surface area contributed by atoms with Crippen molar-refractivity contribution in [3.63, 3.8) is 0 Å². The minimum absolute atomic E-state index is 0.0142. The van der Waals surface area contributed by atoms with Crippen molar-refractivity contribution in [2.24, 2.45) is 0 Å². The molecule has 0 spiro atoms. The number of hydrogen-bond acceptors (Lipinski definition) is 4. The van der Waals surface area contributed by atoms with E-state index >= 15 is 0 Å². The molecule has 0 atom stereocenters. The van der Waals surface area contributed by atoms with Crippen LogP contribution in [0.2, 0.25) is 0 Å². The Bertz CT molecular complexity index is 571. The van der Waals surface area contributed by atoms with Crippen LogP contribution >= 0.6 is 45.2 Å². The molecule has 1 aromatic rings. The molecule has 18 heavy (non-hydrogen) atoms. The van der Waals surface area contributed by atoms with Gasteiger partial charge in [-0.05, 0) is 63.4 Å². The fourth-order valence-corrected chi connectivity index (χ4v) is 3.16. The summed E-state index contributed by atoms with van der Waals surface area (Å²) in [7, 11) is -6.04. The molecule has 0 aliphatic rings. The Morgan fingerprint density at radius 1 is 1.22 bits per heavy atom. The lowest BCUT2D eigenvalue weighted by Crippen LogP contribution is -2.41. The molecule has 1 aromatic carbocycles. The molecule has 0 saturated carbocycles. The first-order chi connectivity index (χ1) is 8.04. The fraction of sp³-hybridized carbons (Fsp3) is 0.125. The summed E-state index contributed by atoms with van der Waals surface area (Å²) in [5, 5.41) is -3.31. The lowest BCUT2D eigenvalue weighted by Gasteiger charge is -2.19. The van der Waals surface area contributed by atoms with Gasteiger partial charge in [0.15, 0.2) is 10.1 Å². The van der Waals surface area contributed by atoms with Crippen LogP contribution in [-0.4, -0.2) is 24.1 Å². The van der Waals surface area contributed by atoms with Crippen LogP contribution in [0.15, 0.2) is 18.2 Å². The standard InChI is InChI=1S/C8H5F2I2NO4S/c9-8(10,18(15,16)17)7(14)13-6-2-4(11)1-5(12)3-6/h1-3H,(H,13,14)(H,15,16,17)/p-1. The SMILES string of the molecule is O=C(Nc1cc(I)cc(I)c1)C(F)(F)S(=O)(=O)[O-]. The second-order valence-electron chi connectivity index (χ2n) is 3.08. The number of anilines is 1. The first-order valence-electron chi connectivity index (χ1n) is 4.15. The second-order valence-corrected chi connectivity index (χ2v) is 7.00. The van der Waals surface area contributed by atoms with Crippen LogP contribution in [0.5, 0.6) is 0 Å². The molecule has 0 heterocycles. The van der Waals surface area contributed by atoms with Crippen LogP contribution in [0.25, 0.3) is 0 Å². The van der Waals surface area contributed by atoms with E-state index in [0.29, 0.717) is 7.14 Å². The van der Waals surface area contributed by atoms with Crippen molar-refractivity contribution < 1.29 is 26.5 Å².